The first kappa shape index (κ1) is 15.7. The van der Waals surface area contributed by atoms with Gasteiger partial charge in [-0.1, -0.05) is 0 Å². The maximum atomic E-state index is 11.0. The van der Waals surface area contributed by atoms with E-state index in [1.165, 1.54) is 13.2 Å². The summed E-state index contributed by atoms with van der Waals surface area (Å²) in [5.41, 5.74) is 0.925. The van der Waals surface area contributed by atoms with Crippen LogP contribution in [0, 0.1) is 10.1 Å². The number of rotatable bonds is 6. The predicted octanol–water partition coefficient (Wildman–Crippen LogP) is 2.34. The van der Waals surface area contributed by atoms with Crippen LogP contribution in [-0.2, 0) is 6.54 Å². The molecule has 1 aliphatic heterocycles. The van der Waals surface area contributed by atoms with E-state index in [2.05, 4.69) is 4.90 Å². The van der Waals surface area contributed by atoms with Gasteiger partial charge in [0.15, 0.2) is 0 Å². The average Bonchev–Trinajstić information content (AvgIpc) is 2.84. The van der Waals surface area contributed by atoms with Crippen molar-refractivity contribution in [2.75, 3.05) is 13.7 Å². The summed E-state index contributed by atoms with van der Waals surface area (Å²) in [6.07, 6.45) is 2.59. The third-order valence-electron chi connectivity index (χ3n) is 3.90. The number of methoxy groups -OCH3 is 1. The Labute approximate surface area is 124 Å². The molecule has 6 nitrogen and oxygen atoms in total. The number of hydrogen-bond acceptors (Lipinski definition) is 5. The fraction of sp³-hybridized carbons (Fsp3) is 0.600. The molecule has 1 saturated heterocycles. The fourth-order valence-electron chi connectivity index (χ4n) is 2.96. The normalized spacial score (nSPS) is 20.4. The molecule has 116 valence electrons. The molecule has 0 radical (unpaired) electrons. The van der Waals surface area contributed by atoms with Crippen LogP contribution < -0.4 is 4.74 Å². The highest BCUT2D eigenvalue weighted by atomic mass is 16.6. The summed E-state index contributed by atoms with van der Waals surface area (Å²) in [5.74, 6) is 0.505. The lowest BCUT2D eigenvalue weighted by atomic mass is 10.1. The summed E-state index contributed by atoms with van der Waals surface area (Å²) < 4.78 is 5.14. The van der Waals surface area contributed by atoms with Crippen LogP contribution in [0.3, 0.4) is 0 Å². The van der Waals surface area contributed by atoms with Gasteiger partial charge in [0.25, 0.3) is 5.69 Å². The number of hydrogen-bond donors (Lipinski definition) is 1. The van der Waals surface area contributed by atoms with E-state index in [-0.39, 0.29) is 11.8 Å². The van der Waals surface area contributed by atoms with E-state index in [0.29, 0.717) is 18.3 Å². The zero-order valence-electron chi connectivity index (χ0n) is 12.5. The highest BCUT2D eigenvalue weighted by Gasteiger charge is 2.26. The lowest BCUT2D eigenvalue weighted by Gasteiger charge is -2.25. The van der Waals surface area contributed by atoms with Gasteiger partial charge in [-0.15, -0.1) is 0 Å². The number of nitro benzene ring substituents is 1. The summed E-state index contributed by atoms with van der Waals surface area (Å²) in [4.78, 5) is 12.9. The van der Waals surface area contributed by atoms with E-state index in [0.717, 1.165) is 31.4 Å². The lowest BCUT2D eigenvalue weighted by Crippen LogP contribution is -2.31. The van der Waals surface area contributed by atoms with Crippen molar-refractivity contribution >= 4 is 5.69 Å². The molecule has 1 heterocycles. The molecule has 0 amide bonds. The second-order valence-corrected chi connectivity index (χ2v) is 5.65. The third-order valence-corrected chi connectivity index (χ3v) is 3.90. The number of ether oxygens (including phenoxy) is 1. The van der Waals surface area contributed by atoms with Gasteiger partial charge in [0.1, 0.15) is 5.75 Å². The molecule has 0 bridgehead atoms. The van der Waals surface area contributed by atoms with Gasteiger partial charge in [-0.05, 0) is 44.4 Å². The first-order valence-corrected chi connectivity index (χ1v) is 7.24. The molecule has 21 heavy (non-hydrogen) atoms. The number of non-ortho nitro benzene ring substituents is 1. The molecule has 1 aromatic rings. The molecule has 0 aliphatic carbocycles. The summed E-state index contributed by atoms with van der Waals surface area (Å²) in [5, 5.41) is 20.5. The van der Waals surface area contributed by atoms with Gasteiger partial charge in [-0.3, -0.25) is 15.0 Å². The molecule has 0 aromatic heterocycles. The Morgan fingerprint density at radius 1 is 1.52 bits per heavy atom. The van der Waals surface area contributed by atoms with Gasteiger partial charge in [0, 0.05) is 18.7 Å². The summed E-state index contributed by atoms with van der Waals surface area (Å²) in [7, 11) is 1.51. The van der Waals surface area contributed by atoms with Crippen molar-refractivity contribution in [1.82, 2.24) is 4.90 Å². The Bertz CT molecular complexity index is 504. The van der Waals surface area contributed by atoms with Gasteiger partial charge in [0.2, 0.25) is 0 Å². The van der Waals surface area contributed by atoms with Crippen molar-refractivity contribution in [3.63, 3.8) is 0 Å². The molecule has 1 fully saturated rings. The monoisotopic (exact) mass is 294 g/mol. The fourth-order valence-corrected chi connectivity index (χ4v) is 2.96. The first-order chi connectivity index (χ1) is 9.99. The first-order valence-electron chi connectivity index (χ1n) is 7.24. The lowest BCUT2D eigenvalue weighted by molar-refractivity contribution is -0.385. The Hall–Kier alpha value is -1.66. The molecule has 1 aromatic carbocycles. The van der Waals surface area contributed by atoms with Crippen molar-refractivity contribution in [3.05, 3.63) is 33.9 Å². The number of nitrogens with zero attached hydrogens (tertiary/aromatic N) is 2. The van der Waals surface area contributed by atoms with E-state index >= 15 is 0 Å². The molecule has 2 rings (SSSR count). The average molecular weight is 294 g/mol. The maximum Gasteiger partial charge on any atom is 0.273 e. The SMILES string of the molecule is COc1cc(CN2CCCC2CC(C)O)cc([N+](=O)[O-])c1. The molecular formula is C15H22N2O4. The molecule has 6 heteroatoms. The number of benzene rings is 1. The number of aliphatic hydroxyl groups excluding tert-OH is 1. The molecular weight excluding hydrogens is 272 g/mol. The highest BCUT2D eigenvalue weighted by Crippen LogP contribution is 2.27. The molecule has 1 N–H and O–H groups in total. The Kier molecular flexibility index (Phi) is 5.14. The summed E-state index contributed by atoms with van der Waals surface area (Å²) in [6, 6.07) is 5.21. The summed E-state index contributed by atoms with van der Waals surface area (Å²) in [6.45, 7) is 3.41. The minimum absolute atomic E-state index is 0.0515. The Morgan fingerprint density at radius 2 is 2.29 bits per heavy atom. The van der Waals surface area contributed by atoms with Crippen LogP contribution in [-0.4, -0.2) is 40.7 Å². The predicted molar refractivity (Wildman–Crippen MR) is 79.4 cm³/mol. The Balaban J connectivity index is 2.14. The van der Waals surface area contributed by atoms with Gasteiger partial charge in [0.05, 0.1) is 24.2 Å². The van der Waals surface area contributed by atoms with Gasteiger partial charge in [-0.2, -0.15) is 0 Å². The highest BCUT2D eigenvalue weighted by molar-refractivity contribution is 5.42. The Morgan fingerprint density at radius 3 is 2.90 bits per heavy atom. The van der Waals surface area contributed by atoms with Gasteiger partial charge >= 0.3 is 0 Å². The second kappa shape index (κ2) is 6.87. The van der Waals surface area contributed by atoms with Crippen LogP contribution >= 0.6 is 0 Å². The van der Waals surface area contributed by atoms with Crippen molar-refractivity contribution in [2.24, 2.45) is 0 Å². The van der Waals surface area contributed by atoms with Crippen molar-refractivity contribution in [1.29, 1.82) is 0 Å². The van der Waals surface area contributed by atoms with Crippen LogP contribution in [0.2, 0.25) is 0 Å². The van der Waals surface area contributed by atoms with E-state index in [9.17, 15) is 15.2 Å². The van der Waals surface area contributed by atoms with Crippen LogP contribution in [0.15, 0.2) is 18.2 Å². The van der Waals surface area contributed by atoms with Crippen LogP contribution in [0.1, 0.15) is 31.7 Å². The van der Waals surface area contributed by atoms with Crippen molar-refractivity contribution in [3.8, 4) is 5.75 Å². The van der Waals surface area contributed by atoms with Crippen LogP contribution in [0.5, 0.6) is 5.75 Å². The van der Waals surface area contributed by atoms with Crippen molar-refractivity contribution in [2.45, 2.75) is 44.9 Å². The molecule has 1 aliphatic rings. The third kappa shape index (κ3) is 4.15. The smallest absolute Gasteiger partial charge is 0.273 e. The van der Waals surface area contributed by atoms with Crippen LogP contribution in [0.4, 0.5) is 5.69 Å². The largest absolute Gasteiger partial charge is 0.496 e. The minimum atomic E-state index is -0.400. The van der Waals surface area contributed by atoms with Gasteiger partial charge in [-0.25, -0.2) is 0 Å². The van der Waals surface area contributed by atoms with Crippen molar-refractivity contribution < 1.29 is 14.8 Å². The zero-order chi connectivity index (χ0) is 15.4. The van der Waals surface area contributed by atoms with E-state index in [4.69, 9.17) is 4.74 Å². The topological polar surface area (TPSA) is 75.8 Å². The molecule has 0 spiro atoms. The minimum Gasteiger partial charge on any atom is -0.496 e. The van der Waals surface area contributed by atoms with Crippen LogP contribution in [0.25, 0.3) is 0 Å². The van der Waals surface area contributed by atoms with E-state index in [1.807, 2.05) is 6.07 Å². The quantitative estimate of drug-likeness (QED) is 0.643. The second-order valence-electron chi connectivity index (χ2n) is 5.65. The maximum absolute atomic E-state index is 11.0. The molecule has 2 atom stereocenters. The zero-order valence-corrected chi connectivity index (χ0v) is 12.5. The van der Waals surface area contributed by atoms with E-state index < -0.39 is 4.92 Å². The summed E-state index contributed by atoms with van der Waals surface area (Å²) >= 11 is 0. The molecule has 2 unspecified atom stereocenters. The van der Waals surface area contributed by atoms with E-state index in [1.54, 1.807) is 13.0 Å². The molecule has 0 saturated carbocycles. The van der Waals surface area contributed by atoms with Gasteiger partial charge < -0.3 is 9.84 Å². The number of likely N-dealkylation sites (tertiary alicyclic amines) is 1. The standard InChI is InChI=1S/C15H22N2O4/c1-11(18)6-13-4-3-5-16(13)10-12-7-14(17(19)20)9-15(8-12)21-2/h7-9,11,13,18H,3-6,10H2,1-2H3. The number of aliphatic hydroxyl groups is 1. The number of nitro groups is 1.